The van der Waals surface area contributed by atoms with Gasteiger partial charge in [0.1, 0.15) is 5.76 Å². The smallest absolute Gasteiger partial charge is 0.335 e. The Kier molecular flexibility index (Phi) is 2.52. The van der Waals surface area contributed by atoms with Gasteiger partial charge in [0.25, 0.3) is 0 Å². The Bertz CT molecular complexity index is 184. The average molecular weight is 156 g/mol. The molecule has 3 heteroatoms. The fourth-order valence-corrected chi connectivity index (χ4v) is 1.04. The molecule has 0 amide bonds. The highest BCUT2D eigenvalue weighted by molar-refractivity contribution is 5.85. The number of aliphatic hydroxyl groups excluding tert-OH is 1. The molecule has 0 saturated heterocycles. The molecular formula is C8H12O3. The Morgan fingerprint density at radius 1 is 1.73 bits per heavy atom. The lowest BCUT2D eigenvalue weighted by molar-refractivity contribution is -0.139. The Balaban J connectivity index is 2.38. The minimum Gasteiger partial charge on any atom is -0.508 e. The lowest BCUT2D eigenvalue weighted by atomic mass is 10.1. The van der Waals surface area contributed by atoms with Crippen molar-refractivity contribution in [2.24, 2.45) is 0 Å². The van der Waals surface area contributed by atoms with Crippen LogP contribution in [0.25, 0.3) is 0 Å². The van der Waals surface area contributed by atoms with Crippen LogP contribution in [0.4, 0.5) is 0 Å². The van der Waals surface area contributed by atoms with E-state index in [0.29, 0.717) is 0 Å². The summed E-state index contributed by atoms with van der Waals surface area (Å²) >= 11 is 0. The molecule has 0 radical (unpaired) electrons. The van der Waals surface area contributed by atoms with Gasteiger partial charge in [0.05, 0.1) is 6.08 Å². The van der Waals surface area contributed by atoms with Gasteiger partial charge < -0.3 is 9.84 Å². The predicted molar refractivity (Wildman–Crippen MR) is 40.1 cm³/mol. The number of aliphatic hydroxyl groups is 1. The van der Waals surface area contributed by atoms with E-state index >= 15 is 0 Å². The van der Waals surface area contributed by atoms with Crippen LogP contribution in [0.3, 0.4) is 0 Å². The largest absolute Gasteiger partial charge is 0.508 e. The molecule has 0 spiro atoms. The van der Waals surface area contributed by atoms with Gasteiger partial charge >= 0.3 is 5.97 Å². The van der Waals surface area contributed by atoms with Crippen LogP contribution in [-0.2, 0) is 9.53 Å². The van der Waals surface area contributed by atoms with Crippen molar-refractivity contribution in [1.82, 2.24) is 0 Å². The van der Waals surface area contributed by atoms with E-state index in [4.69, 9.17) is 9.84 Å². The number of ether oxygens (including phenoxy) is 1. The number of carbonyl (C=O) groups excluding carboxylic acids is 1. The lowest BCUT2D eigenvalue weighted by Gasteiger charge is -2.08. The van der Waals surface area contributed by atoms with Gasteiger partial charge in [-0.2, -0.15) is 0 Å². The zero-order valence-electron chi connectivity index (χ0n) is 6.54. The number of cyclic esters (lactones) is 1. The van der Waals surface area contributed by atoms with Gasteiger partial charge in [0.2, 0.25) is 0 Å². The summed E-state index contributed by atoms with van der Waals surface area (Å²) in [6.45, 7) is 2.05. The lowest BCUT2D eigenvalue weighted by Crippen LogP contribution is -2.11. The molecular weight excluding hydrogens is 144 g/mol. The van der Waals surface area contributed by atoms with Crippen molar-refractivity contribution in [2.45, 2.75) is 32.3 Å². The maximum absolute atomic E-state index is 10.6. The Labute approximate surface area is 65.7 Å². The molecule has 1 aliphatic rings. The first-order chi connectivity index (χ1) is 5.24. The molecule has 1 N–H and O–H groups in total. The molecule has 0 aliphatic carbocycles. The van der Waals surface area contributed by atoms with Gasteiger partial charge in [-0.15, -0.1) is 0 Å². The minimum absolute atomic E-state index is 0.0726. The van der Waals surface area contributed by atoms with Crippen molar-refractivity contribution < 1.29 is 14.6 Å². The molecule has 0 aromatic heterocycles. The molecule has 1 heterocycles. The first-order valence-electron chi connectivity index (χ1n) is 3.85. The molecule has 0 aromatic carbocycles. The normalized spacial score (nSPS) is 23.2. The molecule has 0 saturated carbocycles. The van der Waals surface area contributed by atoms with Crippen molar-refractivity contribution in [2.75, 3.05) is 0 Å². The van der Waals surface area contributed by atoms with E-state index in [0.717, 1.165) is 25.3 Å². The predicted octanol–water partition coefficient (Wildman–Crippen LogP) is 1.54. The van der Waals surface area contributed by atoms with Crippen LogP contribution in [0.15, 0.2) is 11.8 Å². The standard InChI is InChI=1S/C8H12O3/c1-2-3-4-7-6(9)5-8(10)11-7/h5,7,9H,2-4H2,1H3. The molecule has 1 atom stereocenters. The number of carbonyl (C=O) groups is 1. The third kappa shape index (κ3) is 1.97. The van der Waals surface area contributed by atoms with Gasteiger partial charge in [-0.1, -0.05) is 13.3 Å². The van der Waals surface area contributed by atoms with Crippen LogP contribution in [0.1, 0.15) is 26.2 Å². The highest BCUT2D eigenvalue weighted by Gasteiger charge is 2.24. The summed E-state index contributed by atoms with van der Waals surface area (Å²) in [5, 5.41) is 9.10. The van der Waals surface area contributed by atoms with E-state index in [1.54, 1.807) is 0 Å². The number of hydrogen-bond acceptors (Lipinski definition) is 3. The number of hydrogen-bond donors (Lipinski definition) is 1. The monoisotopic (exact) mass is 156 g/mol. The molecule has 1 aliphatic heterocycles. The maximum atomic E-state index is 10.6. The van der Waals surface area contributed by atoms with Gasteiger partial charge in [0, 0.05) is 0 Å². The summed E-state index contributed by atoms with van der Waals surface area (Å²) in [6, 6.07) is 0. The van der Waals surface area contributed by atoms with E-state index in [9.17, 15) is 4.79 Å². The summed E-state index contributed by atoms with van der Waals surface area (Å²) in [6.07, 6.45) is 3.50. The highest BCUT2D eigenvalue weighted by atomic mass is 16.6. The molecule has 62 valence electrons. The van der Waals surface area contributed by atoms with Crippen molar-refractivity contribution in [1.29, 1.82) is 0 Å². The van der Waals surface area contributed by atoms with Gasteiger partial charge in [-0.25, -0.2) is 4.79 Å². The van der Waals surface area contributed by atoms with Crippen LogP contribution in [0.2, 0.25) is 0 Å². The van der Waals surface area contributed by atoms with E-state index in [-0.39, 0.29) is 11.9 Å². The van der Waals surface area contributed by atoms with Crippen LogP contribution >= 0.6 is 0 Å². The zero-order chi connectivity index (χ0) is 8.27. The van der Waals surface area contributed by atoms with E-state index in [1.165, 1.54) is 0 Å². The highest BCUT2D eigenvalue weighted by Crippen LogP contribution is 2.17. The summed E-state index contributed by atoms with van der Waals surface area (Å²) in [5.74, 6) is -0.355. The van der Waals surface area contributed by atoms with Crippen molar-refractivity contribution in [3.8, 4) is 0 Å². The van der Waals surface area contributed by atoms with E-state index in [2.05, 4.69) is 6.92 Å². The molecule has 0 fully saturated rings. The second-order valence-corrected chi connectivity index (χ2v) is 2.64. The number of rotatable bonds is 3. The third-order valence-electron chi connectivity index (χ3n) is 1.67. The Hall–Kier alpha value is -0.990. The minimum atomic E-state index is -0.427. The topological polar surface area (TPSA) is 46.5 Å². The van der Waals surface area contributed by atoms with E-state index < -0.39 is 5.97 Å². The van der Waals surface area contributed by atoms with Crippen molar-refractivity contribution in [3.05, 3.63) is 11.8 Å². The first-order valence-corrected chi connectivity index (χ1v) is 3.85. The van der Waals surface area contributed by atoms with Crippen LogP contribution in [-0.4, -0.2) is 17.2 Å². The van der Waals surface area contributed by atoms with E-state index in [1.807, 2.05) is 0 Å². The van der Waals surface area contributed by atoms with Crippen molar-refractivity contribution >= 4 is 5.97 Å². The molecule has 11 heavy (non-hydrogen) atoms. The van der Waals surface area contributed by atoms with Gasteiger partial charge in [-0.05, 0) is 12.8 Å². The van der Waals surface area contributed by atoms with Crippen LogP contribution in [0, 0.1) is 0 Å². The summed E-state index contributed by atoms with van der Waals surface area (Å²) in [4.78, 5) is 10.6. The van der Waals surface area contributed by atoms with Crippen LogP contribution in [0.5, 0.6) is 0 Å². The average Bonchev–Trinajstić information content (AvgIpc) is 2.26. The summed E-state index contributed by atoms with van der Waals surface area (Å²) < 4.78 is 4.79. The Morgan fingerprint density at radius 2 is 2.45 bits per heavy atom. The number of esters is 1. The van der Waals surface area contributed by atoms with Gasteiger partial charge in [0.15, 0.2) is 6.10 Å². The fraction of sp³-hybridized carbons (Fsp3) is 0.625. The summed E-state index contributed by atoms with van der Waals surface area (Å²) in [7, 11) is 0. The zero-order valence-corrected chi connectivity index (χ0v) is 6.54. The molecule has 0 bridgehead atoms. The molecule has 1 rings (SSSR count). The fourth-order valence-electron chi connectivity index (χ4n) is 1.04. The quantitative estimate of drug-likeness (QED) is 0.630. The second kappa shape index (κ2) is 3.42. The van der Waals surface area contributed by atoms with Gasteiger partial charge in [-0.3, -0.25) is 0 Å². The Morgan fingerprint density at radius 3 is 2.91 bits per heavy atom. The van der Waals surface area contributed by atoms with Crippen LogP contribution < -0.4 is 0 Å². The summed E-state index contributed by atoms with van der Waals surface area (Å²) in [5.41, 5.74) is 0. The second-order valence-electron chi connectivity index (χ2n) is 2.64. The molecule has 0 aromatic rings. The molecule has 3 nitrogen and oxygen atoms in total. The third-order valence-corrected chi connectivity index (χ3v) is 1.67. The number of unbranched alkanes of at least 4 members (excludes halogenated alkanes) is 1. The first kappa shape index (κ1) is 8.11. The SMILES string of the molecule is CCCCC1OC(=O)C=C1O. The maximum Gasteiger partial charge on any atom is 0.335 e. The van der Waals surface area contributed by atoms with Crippen molar-refractivity contribution in [3.63, 3.8) is 0 Å². The molecule has 1 unspecified atom stereocenters.